The Morgan fingerprint density at radius 3 is 2.10 bits per heavy atom. The first-order chi connectivity index (χ1) is 9.71. The Kier molecular flexibility index (Phi) is 8.31. The molecule has 1 aromatic carbocycles. The highest BCUT2D eigenvalue weighted by atomic mass is 16.5. The van der Waals surface area contributed by atoms with Gasteiger partial charge in [-0.1, -0.05) is 32.9 Å². The maximum Gasteiger partial charge on any atom is 0.119 e. The lowest BCUT2D eigenvalue weighted by Crippen LogP contribution is -2.30. The zero-order chi connectivity index (χ0) is 14.8. The van der Waals surface area contributed by atoms with Crippen molar-refractivity contribution in [2.45, 2.75) is 46.1 Å². The lowest BCUT2D eigenvalue weighted by atomic mass is 10.1. The molecule has 0 bridgehead atoms. The molecule has 0 radical (unpaired) electrons. The average Bonchev–Trinajstić information content (AvgIpc) is 2.46. The van der Waals surface area contributed by atoms with Crippen molar-refractivity contribution in [2.75, 3.05) is 26.2 Å². The van der Waals surface area contributed by atoms with E-state index in [2.05, 4.69) is 25.7 Å². The topological polar surface area (TPSA) is 32.7 Å². The number of rotatable bonds is 10. The van der Waals surface area contributed by atoms with Gasteiger partial charge < -0.3 is 14.7 Å². The molecule has 0 aliphatic carbocycles. The van der Waals surface area contributed by atoms with Crippen molar-refractivity contribution >= 4 is 0 Å². The zero-order valence-electron chi connectivity index (χ0n) is 13.1. The van der Waals surface area contributed by atoms with Crippen molar-refractivity contribution in [2.24, 2.45) is 0 Å². The van der Waals surface area contributed by atoms with E-state index in [0.717, 1.165) is 50.3 Å². The quantitative estimate of drug-likeness (QED) is 0.710. The van der Waals surface area contributed by atoms with E-state index in [1.165, 1.54) is 0 Å². The fourth-order valence-electron chi connectivity index (χ4n) is 2.28. The summed E-state index contributed by atoms with van der Waals surface area (Å²) in [7, 11) is 0. The molecule has 3 nitrogen and oxygen atoms in total. The molecular weight excluding hydrogens is 250 g/mol. The Bertz CT molecular complexity index is 345. The van der Waals surface area contributed by atoms with E-state index in [9.17, 15) is 5.11 Å². The summed E-state index contributed by atoms with van der Waals surface area (Å²) in [5.74, 6) is 0.877. The molecule has 0 amide bonds. The zero-order valence-corrected chi connectivity index (χ0v) is 13.1. The van der Waals surface area contributed by atoms with Gasteiger partial charge in [0.15, 0.2) is 0 Å². The fourth-order valence-corrected chi connectivity index (χ4v) is 2.28. The van der Waals surface area contributed by atoms with Gasteiger partial charge in [-0.2, -0.15) is 0 Å². The molecule has 114 valence electrons. The molecule has 3 heteroatoms. The van der Waals surface area contributed by atoms with Gasteiger partial charge in [-0.05, 0) is 50.0 Å². The van der Waals surface area contributed by atoms with Crippen molar-refractivity contribution in [1.29, 1.82) is 0 Å². The molecule has 0 aromatic heterocycles. The van der Waals surface area contributed by atoms with Crippen LogP contribution in [0.15, 0.2) is 24.3 Å². The minimum Gasteiger partial charge on any atom is -0.494 e. The highest BCUT2D eigenvalue weighted by Crippen LogP contribution is 2.19. The third kappa shape index (κ3) is 5.93. The molecule has 0 spiro atoms. The third-order valence-electron chi connectivity index (χ3n) is 3.25. The van der Waals surface area contributed by atoms with Gasteiger partial charge in [0.25, 0.3) is 0 Å². The van der Waals surface area contributed by atoms with Crippen LogP contribution < -0.4 is 4.74 Å². The second kappa shape index (κ2) is 9.78. The minimum atomic E-state index is -0.423. The SMILES string of the molecule is CCCOc1ccc(C(O)CN(CCC)CCC)cc1. The molecule has 0 saturated heterocycles. The van der Waals surface area contributed by atoms with Gasteiger partial charge in [0.05, 0.1) is 12.7 Å². The van der Waals surface area contributed by atoms with E-state index >= 15 is 0 Å². The van der Waals surface area contributed by atoms with Crippen LogP contribution in [0.2, 0.25) is 0 Å². The molecule has 1 atom stereocenters. The van der Waals surface area contributed by atoms with Crippen LogP contribution in [0.4, 0.5) is 0 Å². The maximum absolute atomic E-state index is 10.3. The average molecular weight is 279 g/mol. The molecule has 1 aromatic rings. The first kappa shape index (κ1) is 17.0. The summed E-state index contributed by atoms with van der Waals surface area (Å²) in [6, 6.07) is 7.81. The Morgan fingerprint density at radius 1 is 1.00 bits per heavy atom. The standard InChI is InChI=1S/C17H29NO2/c1-4-11-18(12-5-2)14-17(19)15-7-9-16(10-8-15)20-13-6-3/h7-10,17,19H,4-6,11-14H2,1-3H3. The molecule has 0 heterocycles. The van der Waals surface area contributed by atoms with Crippen molar-refractivity contribution in [3.8, 4) is 5.75 Å². The monoisotopic (exact) mass is 279 g/mol. The smallest absolute Gasteiger partial charge is 0.119 e. The van der Waals surface area contributed by atoms with Crippen molar-refractivity contribution in [3.63, 3.8) is 0 Å². The summed E-state index contributed by atoms with van der Waals surface area (Å²) in [5.41, 5.74) is 0.964. The third-order valence-corrected chi connectivity index (χ3v) is 3.25. The van der Waals surface area contributed by atoms with E-state index in [0.29, 0.717) is 6.54 Å². The summed E-state index contributed by atoms with van der Waals surface area (Å²) in [6.07, 6.45) is 2.83. The van der Waals surface area contributed by atoms with E-state index in [1.807, 2.05) is 24.3 Å². The number of aliphatic hydroxyl groups is 1. The van der Waals surface area contributed by atoms with E-state index < -0.39 is 6.10 Å². The number of nitrogens with zero attached hydrogens (tertiary/aromatic N) is 1. The van der Waals surface area contributed by atoms with Crippen LogP contribution in [0.5, 0.6) is 5.75 Å². The second-order valence-electron chi connectivity index (χ2n) is 5.23. The Balaban J connectivity index is 2.54. The summed E-state index contributed by atoms with van der Waals surface area (Å²) in [6.45, 7) is 9.97. The summed E-state index contributed by atoms with van der Waals surface area (Å²) in [5, 5.41) is 10.3. The molecule has 0 saturated carbocycles. The summed E-state index contributed by atoms with van der Waals surface area (Å²) < 4.78 is 5.56. The molecule has 20 heavy (non-hydrogen) atoms. The highest BCUT2D eigenvalue weighted by molar-refractivity contribution is 5.28. The van der Waals surface area contributed by atoms with Crippen LogP contribution in [0.3, 0.4) is 0 Å². The van der Waals surface area contributed by atoms with Gasteiger partial charge in [0.1, 0.15) is 5.75 Å². The summed E-state index contributed by atoms with van der Waals surface area (Å²) in [4.78, 5) is 2.33. The number of aliphatic hydroxyl groups excluding tert-OH is 1. The van der Waals surface area contributed by atoms with Crippen LogP contribution >= 0.6 is 0 Å². The Hall–Kier alpha value is -1.06. The Labute approximate surface area is 123 Å². The first-order valence-electron chi connectivity index (χ1n) is 7.84. The maximum atomic E-state index is 10.3. The van der Waals surface area contributed by atoms with Gasteiger partial charge in [0, 0.05) is 6.54 Å². The van der Waals surface area contributed by atoms with Crippen LogP contribution in [-0.2, 0) is 0 Å². The molecule has 1 rings (SSSR count). The lowest BCUT2D eigenvalue weighted by Gasteiger charge is -2.24. The van der Waals surface area contributed by atoms with Gasteiger partial charge in [-0.3, -0.25) is 0 Å². The fraction of sp³-hybridized carbons (Fsp3) is 0.647. The summed E-state index contributed by atoms with van der Waals surface area (Å²) >= 11 is 0. The van der Waals surface area contributed by atoms with Gasteiger partial charge in [0.2, 0.25) is 0 Å². The number of ether oxygens (including phenoxy) is 1. The van der Waals surface area contributed by atoms with E-state index in [4.69, 9.17) is 4.74 Å². The van der Waals surface area contributed by atoms with Crippen LogP contribution in [0, 0.1) is 0 Å². The van der Waals surface area contributed by atoms with E-state index in [-0.39, 0.29) is 0 Å². The second-order valence-corrected chi connectivity index (χ2v) is 5.23. The predicted molar refractivity (Wildman–Crippen MR) is 84.2 cm³/mol. The van der Waals surface area contributed by atoms with Gasteiger partial charge in [-0.25, -0.2) is 0 Å². The van der Waals surface area contributed by atoms with Crippen molar-refractivity contribution in [1.82, 2.24) is 4.90 Å². The molecule has 1 N–H and O–H groups in total. The van der Waals surface area contributed by atoms with Crippen LogP contribution in [-0.4, -0.2) is 36.2 Å². The predicted octanol–water partition coefficient (Wildman–Crippen LogP) is 3.63. The van der Waals surface area contributed by atoms with Crippen molar-refractivity contribution in [3.05, 3.63) is 29.8 Å². The molecule has 0 fully saturated rings. The molecule has 0 aliphatic heterocycles. The minimum absolute atomic E-state index is 0.423. The van der Waals surface area contributed by atoms with Gasteiger partial charge >= 0.3 is 0 Å². The number of hydrogen-bond acceptors (Lipinski definition) is 3. The molecule has 0 aliphatic rings. The Morgan fingerprint density at radius 2 is 1.60 bits per heavy atom. The van der Waals surface area contributed by atoms with Crippen LogP contribution in [0.1, 0.15) is 51.7 Å². The normalized spacial score (nSPS) is 12.7. The number of hydrogen-bond donors (Lipinski definition) is 1. The largest absolute Gasteiger partial charge is 0.494 e. The lowest BCUT2D eigenvalue weighted by molar-refractivity contribution is 0.113. The highest BCUT2D eigenvalue weighted by Gasteiger charge is 2.12. The molecule has 1 unspecified atom stereocenters. The van der Waals surface area contributed by atoms with Crippen LogP contribution in [0.25, 0.3) is 0 Å². The van der Waals surface area contributed by atoms with Gasteiger partial charge in [-0.15, -0.1) is 0 Å². The first-order valence-corrected chi connectivity index (χ1v) is 7.84. The van der Waals surface area contributed by atoms with E-state index in [1.54, 1.807) is 0 Å². The molecular formula is C17H29NO2. The number of benzene rings is 1. The van der Waals surface area contributed by atoms with Crippen molar-refractivity contribution < 1.29 is 9.84 Å².